The van der Waals surface area contributed by atoms with Gasteiger partial charge in [0.25, 0.3) is 0 Å². The van der Waals surface area contributed by atoms with Gasteiger partial charge in [0.2, 0.25) is 5.91 Å². The van der Waals surface area contributed by atoms with E-state index in [2.05, 4.69) is 46.3 Å². The molecule has 1 heterocycles. The van der Waals surface area contributed by atoms with E-state index >= 15 is 0 Å². The number of nitrogens with zero attached hydrogens (tertiary/aromatic N) is 2. The molecule has 0 radical (unpaired) electrons. The Bertz CT molecular complexity index is 693. The van der Waals surface area contributed by atoms with Crippen molar-refractivity contribution in [3.8, 4) is 0 Å². The number of carbonyl (C=O) groups excluding carboxylic acids is 1. The summed E-state index contributed by atoms with van der Waals surface area (Å²) in [7, 11) is 0. The SMILES string of the molecule is Cc1cccc(N2CCN(CC(=O)N[C@H](C)c3ccccc3)CC2)c1. The maximum Gasteiger partial charge on any atom is 0.234 e. The highest BCUT2D eigenvalue weighted by atomic mass is 16.2. The first kappa shape index (κ1) is 17.5. The summed E-state index contributed by atoms with van der Waals surface area (Å²) in [6.07, 6.45) is 0. The first-order chi connectivity index (χ1) is 12.1. The number of rotatable bonds is 5. The Morgan fingerprint density at radius 3 is 2.44 bits per heavy atom. The molecule has 1 aliphatic rings. The van der Waals surface area contributed by atoms with E-state index in [1.165, 1.54) is 11.3 Å². The molecule has 0 unspecified atom stereocenters. The van der Waals surface area contributed by atoms with E-state index in [-0.39, 0.29) is 11.9 Å². The van der Waals surface area contributed by atoms with Gasteiger partial charge < -0.3 is 10.2 Å². The second-order valence-electron chi connectivity index (χ2n) is 6.80. The lowest BCUT2D eigenvalue weighted by atomic mass is 10.1. The molecule has 1 aliphatic heterocycles. The van der Waals surface area contributed by atoms with E-state index in [9.17, 15) is 4.79 Å². The molecular weight excluding hydrogens is 310 g/mol. The minimum Gasteiger partial charge on any atom is -0.369 e. The number of piperazine rings is 1. The summed E-state index contributed by atoms with van der Waals surface area (Å²) in [6, 6.07) is 18.8. The second kappa shape index (κ2) is 8.17. The normalized spacial score (nSPS) is 16.5. The first-order valence-corrected chi connectivity index (χ1v) is 9.00. The molecule has 0 aliphatic carbocycles. The van der Waals surface area contributed by atoms with Crippen LogP contribution in [0.5, 0.6) is 0 Å². The molecule has 2 aromatic carbocycles. The standard InChI is InChI=1S/C21H27N3O/c1-17-7-6-10-20(15-17)24-13-11-23(12-14-24)16-21(25)22-18(2)19-8-4-3-5-9-19/h3-10,15,18H,11-14,16H2,1-2H3,(H,22,25)/t18-/m1/s1. The summed E-state index contributed by atoms with van der Waals surface area (Å²) in [5.74, 6) is 0.0976. The fourth-order valence-corrected chi connectivity index (χ4v) is 3.30. The van der Waals surface area contributed by atoms with Crippen molar-refractivity contribution >= 4 is 11.6 Å². The number of carbonyl (C=O) groups is 1. The third-order valence-corrected chi connectivity index (χ3v) is 4.78. The maximum absolute atomic E-state index is 12.3. The van der Waals surface area contributed by atoms with Gasteiger partial charge in [0.1, 0.15) is 0 Å². The van der Waals surface area contributed by atoms with E-state index < -0.39 is 0 Å². The largest absolute Gasteiger partial charge is 0.369 e. The lowest BCUT2D eigenvalue weighted by Gasteiger charge is -2.36. The van der Waals surface area contributed by atoms with Crippen molar-refractivity contribution in [2.45, 2.75) is 19.9 Å². The van der Waals surface area contributed by atoms with Gasteiger partial charge in [-0.2, -0.15) is 0 Å². The quantitative estimate of drug-likeness (QED) is 0.911. The molecule has 4 nitrogen and oxygen atoms in total. The molecule has 25 heavy (non-hydrogen) atoms. The Morgan fingerprint density at radius 1 is 1.04 bits per heavy atom. The third kappa shape index (κ3) is 4.83. The van der Waals surface area contributed by atoms with Crippen molar-refractivity contribution in [2.24, 2.45) is 0 Å². The number of hydrogen-bond acceptors (Lipinski definition) is 3. The summed E-state index contributed by atoms with van der Waals surface area (Å²) in [5.41, 5.74) is 3.70. The lowest BCUT2D eigenvalue weighted by molar-refractivity contribution is -0.123. The minimum absolute atomic E-state index is 0.0438. The van der Waals surface area contributed by atoms with Crippen LogP contribution < -0.4 is 10.2 Å². The van der Waals surface area contributed by atoms with Crippen molar-refractivity contribution in [1.29, 1.82) is 0 Å². The summed E-state index contributed by atoms with van der Waals surface area (Å²) in [5, 5.41) is 3.10. The number of benzene rings is 2. The zero-order chi connectivity index (χ0) is 17.6. The van der Waals surface area contributed by atoms with Crippen LogP contribution in [0.2, 0.25) is 0 Å². The second-order valence-corrected chi connectivity index (χ2v) is 6.80. The van der Waals surface area contributed by atoms with Gasteiger partial charge in [-0.05, 0) is 37.1 Å². The molecule has 0 aromatic heterocycles. The molecule has 4 heteroatoms. The van der Waals surface area contributed by atoms with Crippen molar-refractivity contribution in [3.05, 3.63) is 65.7 Å². The molecule has 1 N–H and O–H groups in total. The van der Waals surface area contributed by atoms with Gasteiger partial charge in [0.15, 0.2) is 0 Å². The predicted molar refractivity (Wildman–Crippen MR) is 103 cm³/mol. The van der Waals surface area contributed by atoms with Crippen molar-refractivity contribution in [2.75, 3.05) is 37.6 Å². The number of nitrogens with one attached hydrogen (secondary N) is 1. The fraction of sp³-hybridized carbons (Fsp3) is 0.381. The topological polar surface area (TPSA) is 35.6 Å². The van der Waals surface area contributed by atoms with Crippen LogP contribution in [0.25, 0.3) is 0 Å². The molecule has 1 fully saturated rings. The van der Waals surface area contributed by atoms with E-state index in [0.717, 1.165) is 31.7 Å². The van der Waals surface area contributed by atoms with E-state index in [1.807, 2.05) is 37.3 Å². The monoisotopic (exact) mass is 337 g/mol. The van der Waals surface area contributed by atoms with E-state index in [4.69, 9.17) is 0 Å². The molecule has 1 atom stereocenters. The van der Waals surface area contributed by atoms with Gasteiger partial charge in [-0.15, -0.1) is 0 Å². The van der Waals surface area contributed by atoms with Gasteiger partial charge in [0, 0.05) is 31.9 Å². The minimum atomic E-state index is 0.0438. The average Bonchev–Trinajstić information content (AvgIpc) is 2.63. The van der Waals surface area contributed by atoms with Crippen LogP contribution in [0.15, 0.2) is 54.6 Å². The molecular formula is C21H27N3O. The Balaban J connectivity index is 1.46. The number of hydrogen-bond donors (Lipinski definition) is 1. The summed E-state index contributed by atoms with van der Waals surface area (Å²) >= 11 is 0. The van der Waals surface area contributed by atoms with Crippen LogP contribution >= 0.6 is 0 Å². The van der Waals surface area contributed by atoms with Crippen molar-refractivity contribution in [1.82, 2.24) is 10.2 Å². The lowest BCUT2D eigenvalue weighted by Crippen LogP contribution is -2.49. The average molecular weight is 337 g/mol. The summed E-state index contributed by atoms with van der Waals surface area (Å²) < 4.78 is 0. The van der Waals surface area contributed by atoms with Gasteiger partial charge in [-0.3, -0.25) is 9.69 Å². The molecule has 0 bridgehead atoms. The molecule has 3 rings (SSSR count). The molecule has 2 aromatic rings. The Hall–Kier alpha value is -2.33. The van der Waals surface area contributed by atoms with Crippen LogP contribution in [-0.2, 0) is 4.79 Å². The summed E-state index contributed by atoms with van der Waals surface area (Å²) in [4.78, 5) is 17.0. The number of amides is 1. The fourth-order valence-electron chi connectivity index (χ4n) is 3.30. The summed E-state index contributed by atoms with van der Waals surface area (Å²) in [6.45, 7) is 8.39. The van der Waals surface area contributed by atoms with Crippen LogP contribution in [0.1, 0.15) is 24.1 Å². The highest BCUT2D eigenvalue weighted by Crippen LogP contribution is 2.18. The Kier molecular flexibility index (Phi) is 5.71. The van der Waals surface area contributed by atoms with Gasteiger partial charge in [-0.1, -0.05) is 42.5 Å². The molecule has 0 spiro atoms. The Morgan fingerprint density at radius 2 is 1.76 bits per heavy atom. The maximum atomic E-state index is 12.3. The molecule has 0 saturated carbocycles. The zero-order valence-electron chi connectivity index (χ0n) is 15.1. The van der Waals surface area contributed by atoms with Crippen LogP contribution in [-0.4, -0.2) is 43.5 Å². The van der Waals surface area contributed by atoms with Crippen LogP contribution in [0.4, 0.5) is 5.69 Å². The third-order valence-electron chi connectivity index (χ3n) is 4.78. The highest BCUT2D eigenvalue weighted by Gasteiger charge is 2.20. The molecule has 1 saturated heterocycles. The zero-order valence-corrected chi connectivity index (χ0v) is 15.1. The van der Waals surface area contributed by atoms with Gasteiger partial charge in [0.05, 0.1) is 12.6 Å². The predicted octanol–water partition coefficient (Wildman–Crippen LogP) is 2.99. The number of anilines is 1. The molecule has 1 amide bonds. The van der Waals surface area contributed by atoms with Gasteiger partial charge >= 0.3 is 0 Å². The van der Waals surface area contributed by atoms with Crippen molar-refractivity contribution < 1.29 is 4.79 Å². The van der Waals surface area contributed by atoms with Crippen LogP contribution in [0.3, 0.4) is 0 Å². The molecule has 132 valence electrons. The van der Waals surface area contributed by atoms with Crippen LogP contribution in [0, 0.1) is 6.92 Å². The highest BCUT2D eigenvalue weighted by molar-refractivity contribution is 5.78. The number of aryl methyl sites for hydroxylation is 1. The van der Waals surface area contributed by atoms with E-state index in [0.29, 0.717) is 6.54 Å². The van der Waals surface area contributed by atoms with E-state index in [1.54, 1.807) is 0 Å². The first-order valence-electron chi connectivity index (χ1n) is 9.00. The smallest absolute Gasteiger partial charge is 0.234 e. The Labute approximate surface area is 150 Å². The van der Waals surface area contributed by atoms with Crippen molar-refractivity contribution in [3.63, 3.8) is 0 Å². The van der Waals surface area contributed by atoms with Gasteiger partial charge in [-0.25, -0.2) is 0 Å².